The molecule has 1 aliphatic heterocycles. The maximum atomic E-state index is 12.9. The number of ether oxygens (including phenoxy) is 1. The third-order valence-corrected chi connectivity index (χ3v) is 4.40. The molecule has 6 nitrogen and oxygen atoms in total. The van der Waals surface area contributed by atoms with E-state index in [9.17, 15) is 14.4 Å². The maximum Gasteiger partial charge on any atom is 0.265 e. The summed E-state index contributed by atoms with van der Waals surface area (Å²) in [5, 5.41) is 0. The molecule has 1 aromatic heterocycles. The quantitative estimate of drug-likeness (QED) is 0.612. The van der Waals surface area contributed by atoms with Gasteiger partial charge in [-0.25, -0.2) is 0 Å². The van der Waals surface area contributed by atoms with Crippen LogP contribution in [0, 0.1) is 6.92 Å². The predicted octanol–water partition coefficient (Wildman–Crippen LogP) is 2.51. The van der Waals surface area contributed by atoms with Crippen molar-refractivity contribution >= 4 is 17.4 Å². The van der Waals surface area contributed by atoms with Gasteiger partial charge in [-0.05, 0) is 43.7 Å². The summed E-state index contributed by atoms with van der Waals surface area (Å²) in [7, 11) is 0. The highest BCUT2D eigenvalue weighted by Gasteiger charge is 2.27. The topological polar surface area (TPSA) is 68.6 Å². The molecule has 0 saturated carbocycles. The highest BCUT2D eigenvalue weighted by atomic mass is 16.5. The van der Waals surface area contributed by atoms with E-state index in [1.165, 1.54) is 15.5 Å². The number of benzene rings is 1. The molecule has 0 N–H and O–H groups in total. The molecule has 1 amide bonds. The van der Waals surface area contributed by atoms with Crippen molar-refractivity contribution in [2.45, 2.75) is 19.9 Å². The van der Waals surface area contributed by atoms with Crippen LogP contribution in [0.25, 0.3) is 0 Å². The van der Waals surface area contributed by atoms with Crippen molar-refractivity contribution in [1.82, 2.24) is 4.57 Å². The third kappa shape index (κ3) is 3.18. The van der Waals surface area contributed by atoms with Crippen LogP contribution < -0.4 is 15.2 Å². The largest absolute Gasteiger partial charge is 0.482 e. The van der Waals surface area contributed by atoms with E-state index >= 15 is 0 Å². The van der Waals surface area contributed by atoms with E-state index in [0.717, 1.165) is 5.56 Å². The molecule has 1 unspecified atom stereocenters. The van der Waals surface area contributed by atoms with Gasteiger partial charge in [0.2, 0.25) is 0 Å². The van der Waals surface area contributed by atoms with Crippen molar-refractivity contribution < 1.29 is 14.3 Å². The molecular weight excluding hydrogens is 332 g/mol. The van der Waals surface area contributed by atoms with E-state index in [1.54, 1.807) is 43.5 Å². The van der Waals surface area contributed by atoms with Crippen LogP contribution in [0.1, 0.15) is 28.9 Å². The summed E-state index contributed by atoms with van der Waals surface area (Å²) in [6.07, 6.45) is 3.24. The van der Waals surface area contributed by atoms with Crippen LogP contribution in [-0.4, -0.2) is 29.4 Å². The lowest BCUT2D eigenvalue weighted by atomic mass is 10.0. The number of amides is 1. The monoisotopic (exact) mass is 352 g/mol. The number of nitrogens with zero attached hydrogens (tertiary/aromatic N) is 2. The third-order valence-electron chi connectivity index (χ3n) is 4.40. The Bertz CT molecular complexity index is 945. The van der Waals surface area contributed by atoms with Crippen LogP contribution in [-0.2, 0) is 4.79 Å². The second kappa shape index (κ2) is 7.00. The average Bonchev–Trinajstić information content (AvgIpc) is 2.62. The minimum atomic E-state index is -0.658. The zero-order valence-corrected chi connectivity index (χ0v) is 14.8. The molecule has 0 bridgehead atoms. The Hall–Kier alpha value is -3.15. The molecule has 0 saturated heterocycles. The average molecular weight is 352 g/mol. The number of carbonyl (C=O) groups is 2. The molecule has 2 aromatic rings. The number of carbonyl (C=O) groups excluding carboxylic acids is 2. The number of pyridine rings is 1. The Morgan fingerprint density at radius 2 is 2.08 bits per heavy atom. The summed E-state index contributed by atoms with van der Waals surface area (Å²) in [4.78, 5) is 38.7. The number of aromatic nitrogens is 1. The Labute approximate surface area is 151 Å². The summed E-state index contributed by atoms with van der Waals surface area (Å²) >= 11 is 0. The Morgan fingerprint density at radius 3 is 2.77 bits per heavy atom. The molecule has 3 rings (SSSR count). The number of ketones is 1. The number of Topliss-reactive ketones (excluding diaryl/α,β-unsaturated/α-hetero) is 1. The van der Waals surface area contributed by atoms with E-state index in [4.69, 9.17) is 4.74 Å². The van der Waals surface area contributed by atoms with Crippen molar-refractivity contribution in [1.29, 1.82) is 0 Å². The molecule has 26 heavy (non-hydrogen) atoms. The molecule has 0 fully saturated rings. The standard InChI is InChI=1S/C20H20N2O4/c1-4-8-22-16-11-15(5-6-17(16)26-12-19(22)24)20(25)14(3)21-9-7-13(2)10-18(21)23/h4-7,9-11,14H,1,8,12H2,2-3H3. The van der Waals surface area contributed by atoms with E-state index < -0.39 is 6.04 Å². The lowest BCUT2D eigenvalue weighted by Crippen LogP contribution is -2.39. The van der Waals surface area contributed by atoms with Crippen molar-refractivity contribution in [3.05, 3.63) is 70.7 Å². The number of hydrogen-bond acceptors (Lipinski definition) is 4. The first-order valence-electron chi connectivity index (χ1n) is 8.33. The number of anilines is 1. The van der Waals surface area contributed by atoms with Gasteiger partial charge in [-0.3, -0.25) is 14.4 Å². The molecule has 1 aliphatic rings. The summed E-state index contributed by atoms with van der Waals surface area (Å²) in [5.74, 6) is 0.142. The van der Waals surface area contributed by atoms with E-state index in [2.05, 4.69) is 6.58 Å². The van der Waals surface area contributed by atoms with Gasteiger partial charge in [-0.2, -0.15) is 0 Å². The van der Waals surface area contributed by atoms with Gasteiger partial charge in [0.1, 0.15) is 5.75 Å². The molecule has 0 radical (unpaired) electrons. The fourth-order valence-electron chi connectivity index (χ4n) is 2.96. The van der Waals surface area contributed by atoms with Crippen LogP contribution in [0.15, 0.2) is 54.0 Å². The second-order valence-corrected chi connectivity index (χ2v) is 6.25. The van der Waals surface area contributed by atoms with Gasteiger partial charge in [0.25, 0.3) is 11.5 Å². The van der Waals surface area contributed by atoms with Crippen LogP contribution in [0.5, 0.6) is 5.75 Å². The summed E-state index contributed by atoms with van der Waals surface area (Å²) in [6, 6.07) is 7.59. The van der Waals surface area contributed by atoms with Crippen LogP contribution >= 0.6 is 0 Å². The molecule has 2 heterocycles. The molecule has 1 aromatic carbocycles. The molecular formula is C20H20N2O4. The van der Waals surface area contributed by atoms with Gasteiger partial charge < -0.3 is 14.2 Å². The molecule has 0 spiro atoms. The summed E-state index contributed by atoms with van der Waals surface area (Å²) in [5.41, 5.74) is 1.57. The first-order valence-corrected chi connectivity index (χ1v) is 8.33. The highest BCUT2D eigenvalue weighted by Crippen LogP contribution is 2.33. The lowest BCUT2D eigenvalue weighted by Gasteiger charge is -2.29. The van der Waals surface area contributed by atoms with E-state index in [-0.39, 0.29) is 23.9 Å². The van der Waals surface area contributed by atoms with Gasteiger partial charge in [0.15, 0.2) is 12.4 Å². The molecule has 0 aliphatic carbocycles. The minimum absolute atomic E-state index is 0.0384. The van der Waals surface area contributed by atoms with Crippen LogP contribution in [0.2, 0.25) is 0 Å². The van der Waals surface area contributed by atoms with Crippen molar-refractivity contribution in [2.75, 3.05) is 18.1 Å². The summed E-state index contributed by atoms with van der Waals surface area (Å²) in [6.45, 7) is 7.47. The highest BCUT2D eigenvalue weighted by molar-refractivity contribution is 6.03. The van der Waals surface area contributed by atoms with Crippen LogP contribution in [0.4, 0.5) is 5.69 Å². The number of rotatable bonds is 5. The maximum absolute atomic E-state index is 12.9. The van der Waals surface area contributed by atoms with Gasteiger partial charge in [0, 0.05) is 24.4 Å². The van der Waals surface area contributed by atoms with Crippen molar-refractivity contribution in [2.24, 2.45) is 0 Å². The zero-order chi connectivity index (χ0) is 18.8. The first-order chi connectivity index (χ1) is 12.4. The van der Waals surface area contributed by atoms with Crippen molar-refractivity contribution in [3.63, 3.8) is 0 Å². The Kier molecular flexibility index (Phi) is 4.75. The summed E-state index contributed by atoms with van der Waals surface area (Å²) < 4.78 is 6.83. The number of hydrogen-bond donors (Lipinski definition) is 0. The van der Waals surface area contributed by atoms with Gasteiger partial charge in [0.05, 0.1) is 11.7 Å². The van der Waals surface area contributed by atoms with E-state index in [0.29, 0.717) is 23.5 Å². The molecule has 1 atom stereocenters. The minimum Gasteiger partial charge on any atom is -0.482 e. The number of fused-ring (bicyclic) bond motifs is 1. The smallest absolute Gasteiger partial charge is 0.265 e. The molecule has 6 heteroatoms. The van der Waals surface area contributed by atoms with Gasteiger partial charge >= 0.3 is 0 Å². The fraction of sp³-hybridized carbons (Fsp3) is 0.250. The van der Waals surface area contributed by atoms with Crippen LogP contribution in [0.3, 0.4) is 0 Å². The van der Waals surface area contributed by atoms with Gasteiger partial charge in [-0.1, -0.05) is 6.08 Å². The van der Waals surface area contributed by atoms with Crippen molar-refractivity contribution in [3.8, 4) is 5.75 Å². The second-order valence-electron chi connectivity index (χ2n) is 6.25. The van der Waals surface area contributed by atoms with Gasteiger partial charge in [-0.15, -0.1) is 6.58 Å². The zero-order valence-electron chi connectivity index (χ0n) is 14.8. The van der Waals surface area contributed by atoms with E-state index in [1.807, 2.05) is 6.92 Å². The Morgan fingerprint density at radius 1 is 1.31 bits per heavy atom. The fourth-order valence-corrected chi connectivity index (χ4v) is 2.96. The molecule has 134 valence electrons. The predicted molar refractivity (Wildman–Crippen MR) is 99.0 cm³/mol. The Balaban J connectivity index is 1.97. The lowest BCUT2D eigenvalue weighted by molar-refractivity contribution is -0.121. The normalized spacial score (nSPS) is 14.4. The first kappa shape index (κ1) is 17.7. The number of aryl methyl sites for hydroxylation is 1. The SMILES string of the molecule is C=CCN1C(=O)COc2ccc(C(=O)C(C)n3ccc(C)cc3=O)cc21.